The zero-order valence-corrected chi connectivity index (χ0v) is 12.3. The summed E-state index contributed by atoms with van der Waals surface area (Å²) in [6.45, 7) is 0.524. The van der Waals surface area contributed by atoms with E-state index in [-0.39, 0.29) is 10.9 Å². The van der Waals surface area contributed by atoms with E-state index in [2.05, 4.69) is 10.3 Å². The molecule has 3 N–H and O–H groups in total. The van der Waals surface area contributed by atoms with Crippen molar-refractivity contribution in [2.75, 3.05) is 6.54 Å². The minimum Gasteiger partial charge on any atom is -0.392 e. The molecular weight excluding hydrogens is 282 g/mol. The second-order valence-corrected chi connectivity index (χ2v) is 5.12. The molecule has 0 saturated heterocycles. The summed E-state index contributed by atoms with van der Waals surface area (Å²) in [5, 5.41) is 2.88. The molecule has 21 heavy (non-hydrogen) atoms. The molecule has 5 heteroatoms. The molecule has 1 amide bonds. The lowest BCUT2D eigenvalue weighted by atomic mass is 9.98. The van der Waals surface area contributed by atoms with Crippen LogP contribution >= 0.6 is 12.2 Å². The van der Waals surface area contributed by atoms with Crippen LogP contribution < -0.4 is 11.1 Å². The maximum absolute atomic E-state index is 12.3. The smallest absolute Gasteiger partial charge is 0.234 e. The molecule has 0 aliphatic carbocycles. The minimum absolute atomic E-state index is 0.169. The number of nitrogens with two attached hydrogens (primary N) is 1. The van der Waals surface area contributed by atoms with Gasteiger partial charge in [-0.3, -0.25) is 9.78 Å². The minimum atomic E-state index is -0.588. The van der Waals surface area contributed by atoms with E-state index in [4.69, 9.17) is 18.0 Å². The predicted molar refractivity (Wildman–Crippen MR) is 86.9 cm³/mol. The molecule has 2 rings (SSSR count). The summed E-state index contributed by atoms with van der Waals surface area (Å²) in [4.78, 5) is 16.5. The zero-order chi connectivity index (χ0) is 15.1. The molecule has 0 aliphatic heterocycles. The molecule has 2 aromatic rings. The average molecular weight is 299 g/mol. The van der Waals surface area contributed by atoms with E-state index in [1.165, 1.54) is 0 Å². The number of aromatic nitrogens is 1. The Bertz CT molecular complexity index is 601. The number of pyridine rings is 1. The van der Waals surface area contributed by atoms with Crippen molar-refractivity contribution in [2.24, 2.45) is 5.73 Å². The van der Waals surface area contributed by atoms with Crippen LogP contribution in [0.3, 0.4) is 0 Å². The van der Waals surface area contributed by atoms with Crippen LogP contribution in [0.5, 0.6) is 0 Å². The third-order valence-electron chi connectivity index (χ3n) is 3.12. The number of rotatable bonds is 6. The van der Waals surface area contributed by atoms with E-state index in [9.17, 15) is 4.79 Å². The van der Waals surface area contributed by atoms with Crippen LogP contribution in [0.1, 0.15) is 17.0 Å². The van der Waals surface area contributed by atoms with Gasteiger partial charge in [-0.15, -0.1) is 0 Å². The Hall–Kier alpha value is -2.27. The second-order valence-electron chi connectivity index (χ2n) is 4.65. The Morgan fingerprint density at radius 3 is 2.62 bits per heavy atom. The summed E-state index contributed by atoms with van der Waals surface area (Å²) in [5.74, 6) is -0.757. The third-order valence-corrected chi connectivity index (χ3v) is 3.35. The van der Waals surface area contributed by atoms with E-state index < -0.39 is 5.92 Å². The quantitative estimate of drug-likeness (QED) is 0.798. The van der Waals surface area contributed by atoms with Crippen molar-refractivity contribution in [1.29, 1.82) is 0 Å². The zero-order valence-electron chi connectivity index (χ0n) is 11.5. The Labute approximate surface area is 129 Å². The van der Waals surface area contributed by atoms with Crippen LogP contribution in [0.25, 0.3) is 0 Å². The Balaban J connectivity index is 1.95. The van der Waals surface area contributed by atoms with Gasteiger partial charge in [0, 0.05) is 18.9 Å². The first kappa shape index (κ1) is 15.1. The van der Waals surface area contributed by atoms with Crippen LogP contribution in [0.2, 0.25) is 0 Å². The second kappa shape index (κ2) is 7.50. The van der Waals surface area contributed by atoms with Gasteiger partial charge in [-0.1, -0.05) is 48.6 Å². The Morgan fingerprint density at radius 2 is 2.00 bits per heavy atom. The molecule has 1 atom stereocenters. The van der Waals surface area contributed by atoms with Crippen LogP contribution in [0, 0.1) is 0 Å². The normalized spacial score (nSPS) is 11.6. The van der Waals surface area contributed by atoms with Crippen LogP contribution in [0.15, 0.2) is 54.9 Å². The van der Waals surface area contributed by atoms with E-state index in [0.717, 1.165) is 17.5 Å². The van der Waals surface area contributed by atoms with Crippen molar-refractivity contribution >= 4 is 23.1 Å². The fraction of sp³-hybridized carbons (Fsp3) is 0.188. The summed E-state index contributed by atoms with van der Waals surface area (Å²) >= 11 is 5.03. The van der Waals surface area contributed by atoms with Crippen molar-refractivity contribution in [3.63, 3.8) is 0 Å². The third kappa shape index (κ3) is 4.36. The molecule has 0 radical (unpaired) electrons. The highest BCUT2D eigenvalue weighted by Gasteiger charge is 2.22. The molecule has 4 nitrogen and oxygen atoms in total. The molecule has 1 aromatic carbocycles. The highest BCUT2D eigenvalue weighted by Crippen LogP contribution is 2.16. The Morgan fingerprint density at radius 1 is 1.24 bits per heavy atom. The summed E-state index contributed by atoms with van der Waals surface area (Å²) in [6, 6.07) is 13.2. The summed E-state index contributed by atoms with van der Waals surface area (Å²) in [6.07, 6.45) is 4.23. The first-order valence-electron chi connectivity index (χ1n) is 6.69. The van der Waals surface area contributed by atoms with Crippen molar-refractivity contribution in [3.05, 3.63) is 66.0 Å². The molecule has 0 aliphatic rings. The number of amides is 1. The lowest BCUT2D eigenvalue weighted by molar-refractivity contribution is -0.121. The number of thiocarbonyl (C=S) groups is 1. The first-order chi connectivity index (χ1) is 10.2. The van der Waals surface area contributed by atoms with Gasteiger partial charge in [-0.05, 0) is 23.6 Å². The monoisotopic (exact) mass is 299 g/mol. The molecule has 1 unspecified atom stereocenters. The molecule has 1 aromatic heterocycles. The largest absolute Gasteiger partial charge is 0.392 e. The van der Waals surface area contributed by atoms with Gasteiger partial charge in [-0.2, -0.15) is 0 Å². The fourth-order valence-corrected chi connectivity index (χ4v) is 2.31. The molecule has 0 saturated carbocycles. The van der Waals surface area contributed by atoms with E-state index in [0.29, 0.717) is 6.54 Å². The van der Waals surface area contributed by atoms with E-state index >= 15 is 0 Å². The van der Waals surface area contributed by atoms with Gasteiger partial charge in [0.2, 0.25) is 5.91 Å². The highest BCUT2D eigenvalue weighted by molar-refractivity contribution is 7.80. The van der Waals surface area contributed by atoms with E-state index in [1.807, 2.05) is 42.5 Å². The maximum atomic E-state index is 12.3. The number of benzene rings is 1. The number of carbonyl (C=O) groups excluding carboxylic acids is 1. The molecule has 0 fully saturated rings. The maximum Gasteiger partial charge on any atom is 0.234 e. The summed E-state index contributed by atoms with van der Waals surface area (Å²) < 4.78 is 0. The Kier molecular flexibility index (Phi) is 5.40. The molecule has 0 spiro atoms. The van der Waals surface area contributed by atoms with Crippen molar-refractivity contribution in [1.82, 2.24) is 10.3 Å². The fourth-order valence-electron chi connectivity index (χ4n) is 2.07. The number of hydrogen-bond donors (Lipinski definition) is 2. The van der Waals surface area contributed by atoms with Crippen LogP contribution in [-0.4, -0.2) is 22.4 Å². The van der Waals surface area contributed by atoms with Gasteiger partial charge < -0.3 is 11.1 Å². The number of nitrogens with one attached hydrogen (secondary N) is 1. The van der Waals surface area contributed by atoms with Gasteiger partial charge in [-0.25, -0.2) is 0 Å². The number of carbonyl (C=O) groups is 1. The molecule has 108 valence electrons. The topological polar surface area (TPSA) is 68.0 Å². The van der Waals surface area contributed by atoms with Crippen molar-refractivity contribution in [3.8, 4) is 0 Å². The lowest BCUT2D eigenvalue weighted by Crippen LogP contribution is -2.37. The van der Waals surface area contributed by atoms with Crippen LogP contribution in [0.4, 0.5) is 0 Å². The molecular formula is C16H17N3OS. The van der Waals surface area contributed by atoms with Gasteiger partial charge in [0.15, 0.2) is 0 Å². The first-order valence-corrected chi connectivity index (χ1v) is 7.10. The highest BCUT2D eigenvalue weighted by atomic mass is 32.1. The average Bonchev–Trinajstić information content (AvgIpc) is 2.49. The lowest BCUT2D eigenvalue weighted by Gasteiger charge is -2.15. The van der Waals surface area contributed by atoms with Gasteiger partial charge in [0.05, 0.1) is 4.99 Å². The standard InChI is InChI=1S/C16H17N3OS/c17-15(21)14(13-6-2-1-3-7-13)16(20)19-10-8-12-5-4-9-18-11-12/h1-7,9,11,14H,8,10H2,(H2,17,21)(H,19,20). The number of nitrogens with zero attached hydrogens (tertiary/aromatic N) is 1. The van der Waals surface area contributed by atoms with Crippen molar-refractivity contribution < 1.29 is 4.79 Å². The molecule has 0 bridgehead atoms. The van der Waals surface area contributed by atoms with Crippen LogP contribution in [-0.2, 0) is 11.2 Å². The molecule has 1 heterocycles. The van der Waals surface area contributed by atoms with Crippen molar-refractivity contribution in [2.45, 2.75) is 12.3 Å². The van der Waals surface area contributed by atoms with Gasteiger partial charge in [0.25, 0.3) is 0 Å². The van der Waals surface area contributed by atoms with Gasteiger partial charge in [0.1, 0.15) is 5.92 Å². The SMILES string of the molecule is NC(=S)C(C(=O)NCCc1cccnc1)c1ccccc1. The summed E-state index contributed by atoms with van der Waals surface area (Å²) in [7, 11) is 0. The van der Waals surface area contributed by atoms with E-state index in [1.54, 1.807) is 12.4 Å². The van der Waals surface area contributed by atoms with Gasteiger partial charge >= 0.3 is 0 Å². The number of hydrogen-bond acceptors (Lipinski definition) is 3. The predicted octanol–water partition coefficient (Wildman–Crippen LogP) is 1.81. The summed E-state index contributed by atoms with van der Waals surface area (Å²) in [5.41, 5.74) is 7.60.